The maximum atomic E-state index is 9.07. The number of nitrogens with one attached hydrogen (secondary N) is 2. The van der Waals surface area contributed by atoms with Gasteiger partial charge in [0.25, 0.3) is 0 Å². The fourth-order valence-electron chi connectivity index (χ4n) is 1.02. The molecule has 0 amide bonds. The van der Waals surface area contributed by atoms with Gasteiger partial charge in [0.2, 0.25) is 0 Å². The second-order valence-electron chi connectivity index (χ2n) is 2.51. The van der Waals surface area contributed by atoms with Crippen molar-refractivity contribution < 1.29 is 5.11 Å². The minimum atomic E-state index is -0.238. The predicted molar refractivity (Wildman–Crippen MR) is 36.3 cm³/mol. The molecule has 3 nitrogen and oxygen atoms in total. The van der Waals surface area contributed by atoms with Gasteiger partial charge in [-0.1, -0.05) is 0 Å². The van der Waals surface area contributed by atoms with Crippen LogP contribution in [0.5, 0.6) is 0 Å². The van der Waals surface area contributed by atoms with Gasteiger partial charge < -0.3 is 15.7 Å². The van der Waals surface area contributed by atoms with Crippen molar-refractivity contribution in [3.05, 3.63) is 0 Å². The van der Waals surface area contributed by atoms with Gasteiger partial charge in [0.05, 0.1) is 6.10 Å². The summed E-state index contributed by atoms with van der Waals surface area (Å²) in [7, 11) is 0. The standard InChI is InChI=1S/C6H14N2O/c1-5(9)6-4-7-2-3-8-6/h5-9H,2-4H2,1H3/t5-,6-/m1/s1. The van der Waals surface area contributed by atoms with Gasteiger partial charge in [-0.25, -0.2) is 0 Å². The van der Waals surface area contributed by atoms with Crippen molar-refractivity contribution in [2.75, 3.05) is 19.6 Å². The van der Waals surface area contributed by atoms with E-state index in [1.54, 1.807) is 0 Å². The van der Waals surface area contributed by atoms with Gasteiger partial charge in [-0.15, -0.1) is 0 Å². The van der Waals surface area contributed by atoms with Gasteiger partial charge >= 0.3 is 0 Å². The molecule has 1 saturated heterocycles. The second-order valence-corrected chi connectivity index (χ2v) is 2.51. The Hall–Kier alpha value is -0.120. The van der Waals surface area contributed by atoms with Crippen LogP contribution < -0.4 is 10.6 Å². The highest BCUT2D eigenvalue weighted by Crippen LogP contribution is 1.92. The summed E-state index contributed by atoms with van der Waals surface area (Å²) in [5, 5.41) is 15.5. The summed E-state index contributed by atoms with van der Waals surface area (Å²) in [5.41, 5.74) is 0. The van der Waals surface area contributed by atoms with Crippen LogP contribution in [0.4, 0.5) is 0 Å². The third kappa shape index (κ3) is 1.93. The van der Waals surface area contributed by atoms with Crippen LogP contribution in [0, 0.1) is 0 Å². The van der Waals surface area contributed by atoms with Gasteiger partial charge in [-0.3, -0.25) is 0 Å². The van der Waals surface area contributed by atoms with Crippen LogP contribution in [0.1, 0.15) is 6.92 Å². The summed E-state index contributed by atoms with van der Waals surface area (Å²) < 4.78 is 0. The molecule has 54 valence electrons. The molecule has 1 fully saturated rings. The zero-order chi connectivity index (χ0) is 6.69. The van der Waals surface area contributed by atoms with Crippen LogP contribution in [0.15, 0.2) is 0 Å². The van der Waals surface area contributed by atoms with Crippen molar-refractivity contribution in [1.82, 2.24) is 10.6 Å². The van der Waals surface area contributed by atoms with Crippen LogP contribution >= 0.6 is 0 Å². The van der Waals surface area contributed by atoms with Crippen molar-refractivity contribution in [3.8, 4) is 0 Å². The van der Waals surface area contributed by atoms with Gasteiger partial charge in [0.15, 0.2) is 0 Å². The van der Waals surface area contributed by atoms with Crippen LogP contribution in [0.2, 0.25) is 0 Å². The van der Waals surface area contributed by atoms with E-state index in [1.165, 1.54) is 0 Å². The highest BCUT2D eigenvalue weighted by Gasteiger charge is 2.15. The van der Waals surface area contributed by atoms with Crippen LogP contribution in [-0.4, -0.2) is 36.9 Å². The third-order valence-electron chi connectivity index (χ3n) is 1.65. The minimum Gasteiger partial charge on any atom is -0.392 e. The molecule has 1 aliphatic heterocycles. The molecule has 2 atom stereocenters. The van der Waals surface area contributed by atoms with E-state index in [0.29, 0.717) is 0 Å². The summed E-state index contributed by atoms with van der Waals surface area (Å²) in [5.74, 6) is 0. The van der Waals surface area contributed by atoms with Gasteiger partial charge in [-0.2, -0.15) is 0 Å². The minimum absolute atomic E-state index is 0.238. The van der Waals surface area contributed by atoms with Crippen LogP contribution in [0.25, 0.3) is 0 Å². The Kier molecular flexibility index (Phi) is 2.45. The fourth-order valence-corrected chi connectivity index (χ4v) is 1.02. The summed E-state index contributed by atoms with van der Waals surface area (Å²) in [6.45, 7) is 4.68. The summed E-state index contributed by atoms with van der Waals surface area (Å²) in [6.07, 6.45) is -0.238. The zero-order valence-corrected chi connectivity index (χ0v) is 5.72. The van der Waals surface area contributed by atoms with Crippen LogP contribution in [-0.2, 0) is 0 Å². The lowest BCUT2D eigenvalue weighted by atomic mass is 10.1. The van der Waals surface area contributed by atoms with Gasteiger partial charge in [0.1, 0.15) is 0 Å². The molecule has 0 radical (unpaired) electrons. The SMILES string of the molecule is C[C@@H](O)[C@H]1CNCCN1. The molecule has 0 bridgehead atoms. The van der Waals surface area contributed by atoms with E-state index in [9.17, 15) is 0 Å². The average molecular weight is 130 g/mol. The van der Waals surface area contributed by atoms with E-state index in [2.05, 4.69) is 10.6 Å². The molecular weight excluding hydrogens is 116 g/mol. The number of hydrogen-bond donors (Lipinski definition) is 3. The molecule has 9 heavy (non-hydrogen) atoms. The Morgan fingerprint density at radius 3 is 2.67 bits per heavy atom. The molecule has 3 heteroatoms. The third-order valence-corrected chi connectivity index (χ3v) is 1.65. The highest BCUT2D eigenvalue weighted by molar-refractivity contribution is 4.78. The molecule has 0 aromatic heterocycles. The van der Waals surface area contributed by atoms with Crippen molar-refractivity contribution in [1.29, 1.82) is 0 Å². The average Bonchev–Trinajstić information content (AvgIpc) is 1.90. The van der Waals surface area contributed by atoms with Crippen molar-refractivity contribution in [2.45, 2.75) is 19.1 Å². The van der Waals surface area contributed by atoms with E-state index in [-0.39, 0.29) is 12.1 Å². The summed E-state index contributed by atoms with van der Waals surface area (Å²) in [6, 6.07) is 0.249. The number of aliphatic hydroxyl groups is 1. The lowest BCUT2D eigenvalue weighted by Gasteiger charge is -2.26. The van der Waals surface area contributed by atoms with E-state index < -0.39 is 0 Å². The van der Waals surface area contributed by atoms with E-state index >= 15 is 0 Å². The zero-order valence-electron chi connectivity index (χ0n) is 5.72. The van der Waals surface area contributed by atoms with Crippen molar-refractivity contribution in [2.24, 2.45) is 0 Å². The lowest BCUT2D eigenvalue weighted by molar-refractivity contribution is 0.136. The van der Waals surface area contributed by atoms with Gasteiger partial charge in [-0.05, 0) is 6.92 Å². The Morgan fingerprint density at radius 1 is 1.56 bits per heavy atom. The first-order valence-corrected chi connectivity index (χ1v) is 3.43. The summed E-state index contributed by atoms with van der Waals surface area (Å²) >= 11 is 0. The number of piperazine rings is 1. The number of rotatable bonds is 1. The molecule has 0 aliphatic carbocycles. The van der Waals surface area contributed by atoms with Crippen LogP contribution in [0.3, 0.4) is 0 Å². The topological polar surface area (TPSA) is 44.3 Å². The second kappa shape index (κ2) is 3.15. The molecule has 0 saturated carbocycles. The summed E-state index contributed by atoms with van der Waals surface area (Å²) in [4.78, 5) is 0. The van der Waals surface area contributed by atoms with Crippen molar-refractivity contribution in [3.63, 3.8) is 0 Å². The highest BCUT2D eigenvalue weighted by atomic mass is 16.3. The Balaban J connectivity index is 2.23. The normalized spacial score (nSPS) is 32.0. The smallest absolute Gasteiger partial charge is 0.0677 e. The Bertz CT molecular complexity index is 79.1. The van der Waals surface area contributed by atoms with E-state index in [0.717, 1.165) is 19.6 Å². The Morgan fingerprint density at radius 2 is 2.33 bits per heavy atom. The maximum absolute atomic E-state index is 9.07. The molecular formula is C6H14N2O. The first-order chi connectivity index (χ1) is 4.30. The predicted octanol–water partition coefficient (Wildman–Crippen LogP) is -1.07. The molecule has 0 aromatic carbocycles. The molecule has 1 rings (SSSR count). The van der Waals surface area contributed by atoms with Crippen molar-refractivity contribution >= 4 is 0 Å². The van der Waals surface area contributed by atoms with Gasteiger partial charge in [0, 0.05) is 25.7 Å². The quantitative estimate of drug-likeness (QED) is 0.423. The first-order valence-electron chi connectivity index (χ1n) is 3.43. The maximum Gasteiger partial charge on any atom is 0.0677 e. The largest absolute Gasteiger partial charge is 0.392 e. The number of hydrogen-bond acceptors (Lipinski definition) is 3. The first kappa shape index (κ1) is 6.99. The Labute approximate surface area is 55.5 Å². The van der Waals surface area contributed by atoms with E-state index in [4.69, 9.17) is 5.11 Å². The molecule has 1 heterocycles. The fraction of sp³-hybridized carbons (Fsp3) is 1.00. The molecule has 3 N–H and O–H groups in total. The lowest BCUT2D eigenvalue weighted by Crippen LogP contribution is -2.53. The molecule has 0 unspecified atom stereocenters. The monoisotopic (exact) mass is 130 g/mol. The number of aliphatic hydroxyl groups excluding tert-OH is 1. The van der Waals surface area contributed by atoms with E-state index in [1.807, 2.05) is 6.92 Å². The molecule has 0 aromatic rings. The molecule has 0 spiro atoms. The molecule has 1 aliphatic rings.